The minimum Gasteiger partial charge on any atom is -0.409 e. The van der Waals surface area contributed by atoms with Gasteiger partial charge in [-0.1, -0.05) is 17.3 Å². The molecule has 2 rings (SSSR count). The van der Waals surface area contributed by atoms with Crippen LogP contribution in [0.4, 0.5) is 5.69 Å². The third-order valence-electron chi connectivity index (χ3n) is 3.12. The van der Waals surface area contributed by atoms with Gasteiger partial charge in [0.25, 0.3) is 0 Å². The van der Waals surface area contributed by atoms with Gasteiger partial charge in [0.2, 0.25) is 5.91 Å². The normalized spacial score (nSPS) is 19.4. The van der Waals surface area contributed by atoms with Crippen molar-refractivity contribution in [3.8, 4) is 0 Å². The zero-order valence-electron chi connectivity index (χ0n) is 10.7. The molecule has 0 aromatic heterocycles. The van der Waals surface area contributed by atoms with Gasteiger partial charge in [-0.3, -0.25) is 4.79 Å². The van der Waals surface area contributed by atoms with Crippen LogP contribution in [0.5, 0.6) is 0 Å². The van der Waals surface area contributed by atoms with E-state index in [9.17, 15) is 4.79 Å². The smallest absolute Gasteiger partial charge is 0.237 e. The highest BCUT2D eigenvalue weighted by Crippen LogP contribution is 2.28. The fourth-order valence-electron chi connectivity index (χ4n) is 2.16. The van der Waals surface area contributed by atoms with Crippen molar-refractivity contribution in [1.29, 1.82) is 0 Å². The summed E-state index contributed by atoms with van der Waals surface area (Å²) in [5, 5.41) is 14.7. The summed E-state index contributed by atoms with van der Waals surface area (Å²) in [5.41, 5.74) is 7.68. The van der Waals surface area contributed by atoms with Crippen molar-refractivity contribution in [3.63, 3.8) is 0 Å². The molecule has 1 heterocycles. The van der Waals surface area contributed by atoms with Crippen LogP contribution >= 0.6 is 11.8 Å². The molecule has 1 aliphatic rings. The van der Waals surface area contributed by atoms with E-state index in [1.165, 1.54) is 0 Å². The van der Waals surface area contributed by atoms with Gasteiger partial charge in [0.15, 0.2) is 5.84 Å². The van der Waals surface area contributed by atoms with E-state index in [0.29, 0.717) is 11.3 Å². The van der Waals surface area contributed by atoms with Crippen molar-refractivity contribution in [2.24, 2.45) is 10.9 Å². The van der Waals surface area contributed by atoms with E-state index in [2.05, 4.69) is 10.5 Å². The van der Waals surface area contributed by atoms with Crippen molar-refractivity contribution in [2.45, 2.75) is 25.0 Å². The Morgan fingerprint density at radius 3 is 3.00 bits per heavy atom. The van der Waals surface area contributed by atoms with E-state index in [1.54, 1.807) is 17.8 Å². The molecule has 0 saturated carbocycles. The predicted octanol–water partition coefficient (Wildman–Crippen LogP) is 1.92. The first-order valence-electron chi connectivity index (χ1n) is 6.13. The topological polar surface area (TPSA) is 87.7 Å². The number of thioether (sulfide) groups is 1. The van der Waals surface area contributed by atoms with Gasteiger partial charge in [-0.05, 0) is 37.1 Å². The van der Waals surface area contributed by atoms with Gasteiger partial charge in [-0.15, -0.1) is 11.8 Å². The average Bonchev–Trinajstić information content (AvgIpc) is 2.92. The number of rotatable bonds is 3. The molecule has 4 N–H and O–H groups in total. The van der Waals surface area contributed by atoms with Crippen LogP contribution in [0.25, 0.3) is 0 Å². The molecule has 1 aromatic carbocycles. The molecule has 5 nitrogen and oxygen atoms in total. The second-order valence-corrected chi connectivity index (χ2v) is 5.78. The Labute approximate surface area is 116 Å². The Hall–Kier alpha value is -1.69. The minimum atomic E-state index is -0.0138. The summed E-state index contributed by atoms with van der Waals surface area (Å²) in [6.07, 6.45) is 1.98. The highest BCUT2D eigenvalue weighted by molar-refractivity contribution is 8.00. The van der Waals surface area contributed by atoms with Crippen molar-refractivity contribution in [2.75, 3.05) is 11.1 Å². The Balaban J connectivity index is 2.24. The molecule has 1 saturated heterocycles. The number of aryl methyl sites for hydroxylation is 1. The molecule has 1 fully saturated rings. The van der Waals surface area contributed by atoms with Crippen molar-refractivity contribution >= 4 is 29.2 Å². The second kappa shape index (κ2) is 5.97. The molecule has 1 atom stereocenters. The van der Waals surface area contributed by atoms with Gasteiger partial charge in [-0.25, -0.2) is 0 Å². The summed E-state index contributed by atoms with van der Waals surface area (Å²) in [5.74, 6) is 1.02. The van der Waals surface area contributed by atoms with E-state index >= 15 is 0 Å². The fraction of sp³-hybridized carbons (Fsp3) is 0.385. The van der Waals surface area contributed by atoms with E-state index in [1.807, 2.05) is 19.1 Å². The number of amidine groups is 1. The first kappa shape index (κ1) is 13.7. The largest absolute Gasteiger partial charge is 0.409 e. The summed E-state index contributed by atoms with van der Waals surface area (Å²) in [6.45, 7) is 1.85. The lowest BCUT2D eigenvalue weighted by Gasteiger charge is -2.14. The maximum Gasteiger partial charge on any atom is 0.237 e. The number of hydrogen-bond donors (Lipinski definition) is 3. The van der Waals surface area contributed by atoms with Crippen LogP contribution in [-0.2, 0) is 4.79 Å². The Morgan fingerprint density at radius 2 is 2.37 bits per heavy atom. The molecule has 102 valence electrons. The molecule has 1 aliphatic heterocycles. The summed E-state index contributed by atoms with van der Waals surface area (Å²) >= 11 is 1.67. The number of nitrogens with one attached hydrogen (secondary N) is 1. The van der Waals surface area contributed by atoms with E-state index in [0.717, 1.165) is 24.2 Å². The molecule has 1 aromatic rings. The quantitative estimate of drug-likeness (QED) is 0.341. The highest BCUT2D eigenvalue weighted by Gasteiger charge is 2.24. The van der Waals surface area contributed by atoms with E-state index in [-0.39, 0.29) is 17.0 Å². The number of nitrogens with two attached hydrogens (primary N) is 1. The number of amides is 1. The monoisotopic (exact) mass is 279 g/mol. The lowest BCUT2D eigenvalue weighted by Crippen LogP contribution is -2.25. The van der Waals surface area contributed by atoms with Gasteiger partial charge in [-0.2, -0.15) is 0 Å². The summed E-state index contributed by atoms with van der Waals surface area (Å²) in [6, 6.07) is 5.45. The third kappa shape index (κ3) is 3.01. The molecule has 19 heavy (non-hydrogen) atoms. The number of carbonyl (C=O) groups excluding carboxylic acids is 1. The summed E-state index contributed by atoms with van der Waals surface area (Å²) < 4.78 is 0. The highest BCUT2D eigenvalue weighted by atomic mass is 32.2. The van der Waals surface area contributed by atoms with E-state index < -0.39 is 0 Å². The van der Waals surface area contributed by atoms with E-state index in [4.69, 9.17) is 10.9 Å². The number of nitrogens with zero attached hydrogens (tertiary/aromatic N) is 1. The maximum absolute atomic E-state index is 12.1. The first-order valence-corrected chi connectivity index (χ1v) is 7.18. The number of benzene rings is 1. The van der Waals surface area contributed by atoms with Crippen molar-refractivity contribution in [3.05, 3.63) is 29.3 Å². The molecule has 0 aliphatic carbocycles. The molecule has 1 unspecified atom stereocenters. The zero-order chi connectivity index (χ0) is 13.8. The van der Waals surface area contributed by atoms with Crippen LogP contribution in [0.1, 0.15) is 24.0 Å². The van der Waals surface area contributed by atoms with Crippen LogP contribution < -0.4 is 11.1 Å². The maximum atomic E-state index is 12.1. The minimum absolute atomic E-state index is 0.000604. The van der Waals surface area contributed by atoms with Crippen LogP contribution in [0.3, 0.4) is 0 Å². The van der Waals surface area contributed by atoms with Crippen LogP contribution in [0.15, 0.2) is 23.4 Å². The van der Waals surface area contributed by atoms with Gasteiger partial charge >= 0.3 is 0 Å². The first-order chi connectivity index (χ1) is 9.13. The molecule has 1 amide bonds. The Morgan fingerprint density at radius 1 is 1.58 bits per heavy atom. The number of oxime groups is 1. The molecule has 0 bridgehead atoms. The Bertz CT molecular complexity index is 511. The number of carbonyl (C=O) groups is 1. The Kier molecular flexibility index (Phi) is 4.31. The SMILES string of the molecule is Cc1cccc(NC(=O)C2CCCS2)c1/C(N)=N/O. The van der Waals surface area contributed by atoms with Crippen molar-refractivity contribution in [1.82, 2.24) is 0 Å². The summed E-state index contributed by atoms with van der Waals surface area (Å²) in [7, 11) is 0. The molecule has 6 heteroatoms. The van der Waals surface area contributed by atoms with Gasteiger partial charge < -0.3 is 16.3 Å². The second-order valence-electron chi connectivity index (χ2n) is 4.47. The van der Waals surface area contributed by atoms with Gasteiger partial charge in [0, 0.05) is 5.56 Å². The summed E-state index contributed by atoms with van der Waals surface area (Å²) in [4.78, 5) is 12.1. The van der Waals surface area contributed by atoms with Gasteiger partial charge in [0.05, 0.1) is 10.9 Å². The number of hydrogen-bond acceptors (Lipinski definition) is 4. The van der Waals surface area contributed by atoms with Gasteiger partial charge in [0.1, 0.15) is 0 Å². The standard InChI is InChI=1S/C13H17N3O2S/c1-8-4-2-5-9(11(8)12(14)16-18)15-13(17)10-6-3-7-19-10/h2,4-5,10,18H,3,6-7H2,1H3,(H2,14,16)(H,15,17). The van der Waals surface area contributed by atoms with Crippen LogP contribution in [-0.4, -0.2) is 28.0 Å². The predicted molar refractivity (Wildman–Crippen MR) is 77.8 cm³/mol. The molecule has 0 spiro atoms. The molecular weight excluding hydrogens is 262 g/mol. The number of anilines is 1. The van der Waals surface area contributed by atoms with Crippen LogP contribution in [0.2, 0.25) is 0 Å². The fourth-order valence-corrected chi connectivity index (χ4v) is 3.32. The van der Waals surface area contributed by atoms with Crippen LogP contribution in [0, 0.1) is 6.92 Å². The molecule has 0 radical (unpaired) electrons. The zero-order valence-corrected chi connectivity index (χ0v) is 11.5. The lowest BCUT2D eigenvalue weighted by atomic mass is 10.1. The molecular formula is C13H17N3O2S. The third-order valence-corrected chi connectivity index (χ3v) is 4.49. The lowest BCUT2D eigenvalue weighted by molar-refractivity contribution is -0.115. The average molecular weight is 279 g/mol. The van der Waals surface area contributed by atoms with Crippen molar-refractivity contribution < 1.29 is 10.0 Å².